The smallest absolute Gasteiger partial charge is 0.303 e. The lowest BCUT2D eigenvalue weighted by atomic mass is 9.44. The van der Waals surface area contributed by atoms with Crippen LogP contribution in [0, 0.1) is 34.5 Å². The molecule has 156 valence electrons. The Kier molecular flexibility index (Phi) is 4.76. The van der Waals surface area contributed by atoms with Gasteiger partial charge in [-0.25, -0.2) is 0 Å². The van der Waals surface area contributed by atoms with Gasteiger partial charge in [-0.05, 0) is 74.0 Å². The second-order valence-electron chi connectivity index (χ2n) is 10.5. The van der Waals surface area contributed by atoms with Crippen molar-refractivity contribution in [2.45, 2.75) is 84.2 Å². The second kappa shape index (κ2) is 6.65. The molecule has 28 heavy (non-hydrogen) atoms. The van der Waals surface area contributed by atoms with Gasteiger partial charge in [-0.15, -0.1) is 0 Å². The van der Waals surface area contributed by atoms with E-state index in [2.05, 4.69) is 13.8 Å². The Labute approximate surface area is 167 Å². The number of ketones is 2. The molecule has 4 aliphatic rings. The van der Waals surface area contributed by atoms with Gasteiger partial charge in [-0.3, -0.25) is 14.4 Å². The van der Waals surface area contributed by atoms with Crippen molar-refractivity contribution in [3.05, 3.63) is 0 Å². The van der Waals surface area contributed by atoms with Gasteiger partial charge >= 0.3 is 5.97 Å². The largest absolute Gasteiger partial charge is 0.458 e. The predicted octanol–water partition coefficient (Wildman–Crippen LogP) is 3.46. The minimum atomic E-state index is -1.39. The molecule has 4 saturated carbocycles. The molecule has 5 nitrogen and oxygen atoms in total. The summed E-state index contributed by atoms with van der Waals surface area (Å²) in [5, 5.41) is 11.5. The third kappa shape index (κ3) is 2.72. The molecule has 4 fully saturated rings. The van der Waals surface area contributed by atoms with Crippen LogP contribution in [0.1, 0.15) is 78.6 Å². The second-order valence-corrected chi connectivity index (χ2v) is 10.5. The van der Waals surface area contributed by atoms with Crippen molar-refractivity contribution in [3.63, 3.8) is 0 Å². The molecule has 0 aliphatic heterocycles. The van der Waals surface area contributed by atoms with Crippen LogP contribution in [0.2, 0.25) is 0 Å². The first-order chi connectivity index (χ1) is 13.1. The van der Waals surface area contributed by atoms with E-state index in [0.717, 1.165) is 44.9 Å². The molecule has 5 heteroatoms. The SMILES string of the molecule is CC(=O)OCC(=O)[C@]1(O)CC[C@H]2[C@@H]3CC[C@@H]4CC(=O)CC[C@@]4(C)[C@@H]3CC[C@]21C. The Morgan fingerprint density at radius 2 is 1.79 bits per heavy atom. The molecule has 1 N–H and O–H groups in total. The number of carbonyl (C=O) groups is 3. The molecule has 0 heterocycles. The summed E-state index contributed by atoms with van der Waals surface area (Å²) in [6.45, 7) is 5.45. The fraction of sp³-hybridized carbons (Fsp3) is 0.870. The van der Waals surface area contributed by atoms with Gasteiger partial charge in [-0.1, -0.05) is 13.8 Å². The first-order valence-electron chi connectivity index (χ1n) is 11.0. The van der Waals surface area contributed by atoms with E-state index in [9.17, 15) is 19.5 Å². The average molecular weight is 391 g/mol. The van der Waals surface area contributed by atoms with E-state index in [-0.39, 0.29) is 17.8 Å². The summed E-state index contributed by atoms with van der Waals surface area (Å²) in [7, 11) is 0. The zero-order valence-corrected chi connectivity index (χ0v) is 17.5. The number of carbonyl (C=O) groups excluding carboxylic acids is 3. The van der Waals surface area contributed by atoms with Gasteiger partial charge in [0.1, 0.15) is 11.4 Å². The zero-order valence-electron chi connectivity index (χ0n) is 17.5. The monoisotopic (exact) mass is 390 g/mol. The van der Waals surface area contributed by atoms with Gasteiger partial charge in [0.2, 0.25) is 5.78 Å². The standard InChI is InChI=1S/C23H34O5/c1-14(24)28-13-20(26)23(27)11-8-19-17-5-4-15-12-16(25)6-9-21(15,2)18(17)7-10-22(19,23)3/h15,17-19,27H,4-13H2,1-3H3/t15-,17-,18-,19+,21-,22-,23-/m1/s1. The van der Waals surface area contributed by atoms with Gasteiger partial charge in [0, 0.05) is 25.2 Å². The highest BCUT2D eigenvalue weighted by molar-refractivity contribution is 5.91. The Morgan fingerprint density at radius 3 is 2.50 bits per heavy atom. The lowest BCUT2D eigenvalue weighted by Gasteiger charge is -2.60. The maximum Gasteiger partial charge on any atom is 0.303 e. The van der Waals surface area contributed by atoms with E-state index in [1.54, 1.807) is 0 Å². The summed E-state index contributed by atoms with van der Waals surface area (Å²) in [5.74, 6) is 1.53. The maximum atomic E-state index is 12.9. The van der Waals surface area contributed by atoms with Crippen molar-refractivity contribution in [2.24, 2.45) is 34.5 Å². The summed E-state index contributed by atoms with van der Waals surface area (Å²) < 4.78 is 4.93. The first kappa shape index (κ1) is 20.1. The van der Waals surface area contributed by atoms with Crippen LogP contribution in [-0.2, 0) is 19.1 Å². The van der Waals surface area contributed by atoms with Crippen molar-refractivity contribution < 1.29 is 24.2 Å². The molecule has 0 aromatic rings. The highest BCUT2D eigenvalue weighted by Gasteiger charge is 2.66. The van der Waals surface area contributed by atoms with Crippen LogP contribution in [-0.4, -0.2) is 34.9 Å². The van der Waals surface area contributed by atoms with Crippen LogP contribution in [0.5, 0.6) is 0 Å². The lowest BCUT2D eigenvalue weighted by Crippen LogP contribution is -2.59. The van der Waals surface area contributed by atoms with Crippen molar-refractivity contribution >= 4 is 17.5 Å². The van der Waals surface area contributed by atoms with Gasteiger partial charge in [0.25, 0.3) is 0 Å². The molecule has 0 saturated heterocycles. The molecule has 0 aromatic heterocycles. The van der Waals surface area contributed by atoms with E-state index < -0.39 is 17.0 Å². The number of esters is 1. The topological polar surface area (TPSA) is 80.7 Å². The number of ether oxygens (including phenoxy) is 1. The number of Topliss-reactive ketones (excluding diaryl/α,β-unsaturated/α-hetero) is 2. The normalized spacial score (nSPS) is 47.6. The van der Waals surface area contributed by atoms with E-state index in [1.165, 1.54) is 6.92 Å². The third-order valence-corrected chi connectivity index (χ3v) is 9.50. The third-order valence-electron chi connectivity index (χ3n) is 9.50. The average Bonchev–Trinajstić information content (AvgIpc) is 2.92. The summed E-state index contributed by atoms with van der Waals surface area (Å²) in [6, 6.07) is 0. The quantitative estimate of drug-likeness (QED) is 0.747. The van der Waals surface area contributed by atoms with E-state index in [1.807, 2.05) is 0 Å². The Bertz CT molecular complexity index is 701. The van der Waals surface area contributed by atoms with Gasteiger partial charge in [0.05, 0.1) is 0 Å². The summed E-state index contributed by atoms with van der Waals surface area (Å²) in [6.07, 6.45) is 7.82. The summed E-state index contributed by atoms with van der Waals surface area (Å²) >= 11 is 0. The van der Waals surface area contributed by atoms with Crippen LogP contribution < -0.4 is 0 Å². The molecular formula is C23H34O5. The van der Waals surface area contributed by atoms with Crippen molar-refractivity contribution in [2.75, 3.05) is 6.61 Å². The van der Waals surface area contributed by atoms with E-state index >= 15 is 0 Å². The molecular weight excluding hydrogens is 356 g/mol. The minimum Gasteiger partial charge on any atom is -0.458 e. The molecule has 7 atom stereocenters. The maximum absolute atomic E-state index is 12.9. The van der Waals surface area contributed by atoms with Gasteiger partial charge in [-0.2, -0.15) is 0 Å². The van der Waals surface area contributed by atoms with Crippen molar-refractivity contribution in [1.82, 2.24) is 0 Å². The molecule has 0 unspecified atom stereocenters. The van der Waals surface area contributed by atoms with E-state index in [0.29, 0.717) is 42.3 Å². The van der Waals surface area contributed by atoms with Crippen LogP contribution in [0.4, 0.5) is 0 Å². The molecule has 0 aromatic carbocycles. The van der Waals surface area contributed by atoms with Crippen LogP contribution in [0.15, 0.2) is 0 Å². The molecule has 4 rings (SSSR count). The predicted molar refractivity (Wildman–Crippen MR) is 103 cm³/mol. The van der Waals surface area contributed by atoms with Gasteiger partial charge < -0.3 is 9.84 Å². The van der Waals surface area contributed by atoms with Crippen LogP contribution >= 0.6 is 0 Å². The fourth-order valence-electron chi connectivity index (χ4n) is 7.81. The Morgan fingerprint density at radius 1 is 1.07 bits per heavy atom. The number of aliphatic hydroxyl groups is 1. The van der Waals surface area contributed by atoms with Crippen LogP contribution in [0.3, 0.4) is 0 Å². The number of rotatable bonds is 3. The zero-order chi connectivity index (χ0) is 20.3. The number of fused-ring (bicyclic) bond motifs is 5. The summed E-state index contributed by atoms with van der Waals surface area (Å²) in [4.78, 5) is 36.0. The lowest BCUT2D eigenvalue weighted by molar-refractivity contribution is -0.175. The van der Waals surface area contributed by atoms with Crippen LogP contribution in [0.25, 0.3) is 0 Å². The molecule has 0 radical (unpaired) electrons. The first-order valence-corrected chi connectivity index (χ1v) is 11.0. The fourth-order valence-corrected chi connectivity index (χ4v) is 7.81. The summed E-state index contributed by atoms with van der Waals surface area (Å²) in [5.41, 5.74) is -1.61. The van der Waals surface area contributed by atoms with Crippen molar-refractivity contribution in [3.8, 4) is 0 Å². The molecule has 0 spiro atoms. The Balaban J connectivity index is 1.57. The molecule has 4 aliphatic carbocycles. The minimum absolute atomic E-state index is 0.223. The number of hydrogen-bond acceptors (Lipinski definition) is 5. The molecule has 0 bridgehead atoms. The van der Waals surface area contributed by atoms with Gasteiger partial charge in [0.15, 0.2) is 6.61 Å². The Hall–Kier alpha value is -1.23. The van der Waals surface area contributed by atoms with Crippen molar-refractivity contribution in [1.29, 1.82) is 0 Å². The highest BCUT2D eigenvalue weighted by Crippen LogP contribution is 2.68. The highest BCUT2D eigenvalue weighted by atomic mass is 16.5. The number of hydrogen-bond donors (Lipinski definition) is 1. The van der Waals surface area contributed by atoms with E-state index in [4.69, 9.17) is 4.74 Å². The molecule has 0 amide bonds.